The third kappa shape index (κ3) is 3.95. The minimum Gasteiger partial charge on any atom is -0.391 e. The van der Waals surface area contributed by atoms with Crippen molar-refractivity contribution in [3.8, 4) is 0 Å². The average Bonchev–Trinajstić information content (AvgIpc) is 2.80. The first kappa shape index (κ1) is 15.3. The molecule has 0 aliphatic rings. The van der Waals surface area contributed by atoms with E-state index in [0.717, 1.165) is 22.9 Å². The Bertz CT molecular complexity index is 643. The summed E-state index contributed by atoms with van der Waals surface area (Å²) >= 11 is 0. The van der Waals surface area contributed by atoms with Gasteiger partial charge in [0.2, 0.25) is 5.91 Å². The van der Waals surface area contributed by atoms with E-state index in [9.17, 15) is 9.90 Å². The molecule has 2 rings (SSSR count). The summed E-state index contributed by atoms with van der Waals surface area (Å²) in [6, 6.07) is 8.07. The van der Waals surface area contributed by atoms with E-state index < -0.39 is 6.10 Å². The number of aliphatic hydroxyl groups is 1. The standard InChI is InChI=1S/C17H22N2O2/c1-3-6-14(20)11-18-17(21)10-9-13-12-19(2)16-8-5-4-7-15(13)16/h4-5,7-10,12,14,20H,3,6,11H2,1-2H3,(H,18,21)/b10-9+. The van der Waals surface area contributed by atoms with Crippen LogP contribution >= 0.6 is 0 Å². The molecule has 1 heterocycles. The van der Waals surface area contributed by atoms with Crippen LogP contribution in [0, 0.1) is 0 Å². The lowest BCUT2D eigenvalue weighted by atomic mass is 10.1. The van der Waals surface area contributed by atoms with Gasteiger partial charge in [0, 0.05) is 42.3 Å². The van der Waals surface area contributed by atoms with Crippen molar-refractivity contribution in [2.75, 3.05) is 6.54 Å². The second kappa shape index (κ2) is 7.09. The Morgan fingerprint density at radius 1 is 1.43 bits per heavy atom. The molecule has 0 saturated heterocycles. The molecule has 21 heavy (non-hydrogen) atoms. The van der Waals surface area contributed by atoms with Crippen LogP contribution in [0.25, 0.3) is 17.0 Å². The monoisotopic (exact) mass is 286 g/mol. The van der Waals surface area contributed by atoms with Gasteiger partial charge in [-0.3, -0.25) is 4.79 Å². The average molecular weight is 286 g/mol. The Morgan fingerprint density at radius 3 is 2.95 bits per heavy atom. The number of benzene rings is 1. The van der Waals surface area contributed by atoms with Crippen molar-refractivity contribution in [3.63, 3.8) is 0 Å². The van der Waals surface area contributed by atoms with Gasteiger partial charge in [0.15, 0.2) is 0 Å². The van der Waals surface area contributed by atoms with Gasteiger partial charge in [-0.25, -0.2) is 0 Å². The summed E-state index contributed by atoms with van der Waals surface area (Å²) in [6.07, 6.45) is 6.46. The number of nitrogens with one attached hydrogen (secondary N) is 1. The fourth-order valence-electron chi connectivity index (χ4n) is 2.38. The predicted molar refractivity (Wildman–Crippen MR) is 85.9 cm³/mol. The highest BCUT2D eigenvalue weighted by atomic mass is 16.3. The van der Waals surface area contributed by atoms with E-state index in [2.05, 4.69) is 5.32 Å². The summed E-state index contributed by atoms with van der Waals surface area (Å²) in [5.41, 5.74) is 2.15. The molecule has 0 aliphatic heterocycles. The molecule has 0 aliphatic carbocycles. The number of amides is 1. The summed E-state index contributed by atoms with van der Waals surface area (Å²) in [5, 5.41) is 13.4. The van der Waals surface area contributed by atoms with E-state index in [0.29, 0.717) is 13.0 Å². The van der Waals surface area contributed by atoms with E-state index in [4.69, 9.17) is 0 Å². The van der Waals surface area contributed by atoms with E-state index in [1.807, 2.05) is 55.1 Å². The second-order valence-corrected chi connectivity index (χ2v) is 5.23. The van der Waals surface area contributed by atoms with Gasteiger partial charge in [0.25, 0.3) is 0 Å². The van der Waals surface area contributed by atoms with E-state index in [1.165, 1.54) is 6.08 Å². The third-order valence-corrected chi connectivity index (χ3v) is 3.48. The molecule has 2 N–H and O–H groups in total. The first-order valence-corrected chi connectivity index (χ1v) is 7.30. The fourth-order valence-corrected chi connectivity index (χ4v) is 2.38. The molecule has 1 atom stereocenters. The Hall–Kier alpha value is -2.07. The number of hydrogen-bond donors (Lipinski definition) is 2. The number of aliphatic hydroxyl groups excluding tert-OH is 1. The highest BCUT2D eigenvalue weighted by Gasteiger charge is 2.05. The van der Waals surface area contributed by atoms with Crippen LogP contribution in [0.1, 0.15) is 25.3 Å². The topological polar surface area (TPSA) is 54.3 Å². The number of carbonyl (C=O) groups excluding carboxylic acids is 1. The molecule has 0 fully saturated rings. The van der Waals surface area contributed by atoms with Crippen molar-refractivity contribution < 1.29 is 9.90 Å². The van der Waals surface area contributed by atoms with Gasteiger partial charge >= 0.3 is 0 Å². The fraction of sp³-hybridized carbons (Fsp3) is 0.353. The molecule has 1 unspecified atom stereocenters. The number of hydrogen-bond acceptors (Lipinski definition) is 2. The van der Waals surface area contributed by atoms with Crippen LogP contribution < -0.4 is 5.32 Å². The van der Waals surface area contributed by atoms with Crippen LogP contribution in [-0.4, -0.2) is 28.2 Å². The number of carbonyl (C=O) groups is 1. The van der Waals surface area contributed by atoms with Crippen molar-refractivity contribution >= 4 is 22.9 Å². The van der Waals surface area contributed by atoms with Gasteiger partial charge in [0.05, 0.1) is 6.10 Å². The largest absolute Gasteiger partial charge is 0.391 e. The maximum absolute atomic E-state index is 11.8. The lowest BCUT2D eigenvalue weighted by Gasteiger charge is -2.08. The molecule has 2 aromatic rings. The molecular weight excluding hydrogens is 264 g/mol. The summed E-state index contributed by atoms with van der Waals surface area (Å²) in [6.45, 7) is 2.30. The number of fused-ring (bicyclic) bond motifs is 1. The molecule has 4 nitrogen and oxygen atoms in total. The Labute approximate surface area is 125 Å². The molecule has 1 aromatic carbocycles. The third-order valence-electron chi connectivity index (χ3n) is 3.48. The van der Waals surface area contributed by atoms with Crippen LogP contribution in [0.5, 0.6) is 0 Å². The maximum atomic E-state index is 11.8. The van der Waals surface area contributed by atoms with Gasteiger partial charge in [-0.15, -0.1) is 0 Å². The molecular formula is C17H22N2O2. The van der Waals surface area contributed by atoms with Crippen molar-refractivity contribution in [2.45, 2.75) is 25.9 Å². The lowest BCUT2D eigenvalue weighted by molar-refractivity contribution is -0.116. The summed E-state index contributed by atoms with van der Waals surface area (Å²) in [4.78, 5) is 11.8. The number of nitrogens with zero attached hydrogens (tertiary/aromatic N) is 1. The van der Waals surface area contributed by atoms with Crippen LogP contribution in [0.15, 0.2) is 36.5 Å². The number of aromatic nitrogens is 1. The first-order valence-electron chi connectivity index (χ1n) is 7.30. The summed E-state index contributed by atoms with van der Waals surface area (Å²) in [5.74, 6) is -0.182. The minimum absolute atomic E-state index is 0.182. The van der Waals surface area contributed by atoms with Crippen molar-refractivity contribution in [3.05, 3.63) is 42.1 Å². The minimum atomic E-state index is -0.468. The number of para-hydroxylation sites is 1. The molecule has 0 bridgehead atoms. The van der Waals surface area contributed by atoms with Crippen molar-refractivity contribution in [1.29, 1.82) is 0 Å². The second-order valence-electron chi connectivity index (χ2n) is 5.23. The zero-order valence-electron chi connectivity index (χ0n) is 12.5. The Morgan fingerprint density at radius 2 is 2.19 bits per heavy atom. The van der Waals surface area contributed by atoms with Crippen LogP contribution in [0.4, 0.5) is 0 Å². The number of aryl methyl sites for hydroxylation is 1. The van der Waals surface area contributed by atoms with Crippen LogP contribution in [0.3, 0.4) is 0 Å². The van der Waals surface area contributed by atoms with Gasteiger partial charge < -0.3 is 15.0 Å². The summed E-state index contributed by atoms with van der Waals surface area (Å²) < 4.78 is 2.04. The van der Waals surface area contributed by atoms with Crippen LogP contribution in [0.2, 0.25) is 0 Å². The smallest absolute Gasteiger partial charge is 0.244 e. The predicted octanol–water partition coefficient (Wildman–Crippen LogP) is 2.47. The zero-order chi connectivity index (χ0) is 15.2. The van der Waals surface area contributed by atoms with Gasteiger partial charge in [0.1, 0.15) is 0 Å². The van der Waals surface area contributed by atoms with E-state index in [1.54, 1.807) is 0 Å². The first-order chi connectivity index (χ1) is 10.1. The lowest BCUT2D eigenvalue weighted by Crippen LogP contribution is -2.30. The zero-order valence-corrected chi connectivity index (χ0v) is 12.5. The molecule has 4 heteroatoms. The van der Waals surface area contributed by atoms with Gasteiger partial charge in [-0.1, -0.05) is 31.5 Å². The molecule has 0 spiro atoms. The van der Waals surface area contributed by atoms with Crippen molar-refractivity contribution in [2.24, 2.45) is 7.05 Å². The Kier molecular flexibility index (Phi) is 5.17. The summed E-state index contributed by atoms with van der Waals surface area (Å²) in [7, 11) is 1.99. The molecule has 0 radical (unpaired) electrons. The molecule has 1 aromatic heterocycles. The highest BCUT2D eigenvalue weighted by molar-refractivity contribution is 5.96. The Balaban J connectivity index is 2.01. The van der Waals surface area contributed by atoms with E-state index in [-0.39, 0.29) is 5.91 Å². The number of rotatable bonds is 6. The normalized spacial score (nSPS) is 12.9. The van der Waals surface area contributed by atoms with Crippen LogP contribution in [-0.2, 0) is 11.8 Å². The van der Waals surface area contributed by atoms with Crippen molar-refractivity contribution in [1.82, 2.24) is 9.88 Å². The molecule has 1 amide bonds. The van der Waals surface area contributed by atoms with Gasteiger partial charge in [-0.2, -0.15) is 0 Å². The molecule has 112 valence electrons. The van der Waals surface area contributed by atoms with Gasteiger partial charge in [-0.05, 0) is 18.6 Å². The highest BCUT2D eigenvalue weighted by Crippen LogP contribution is 2.21. The van der Waals surface area contributed by atoms with E-state index >= 15 is 0 Å². The SMILES string of the molecule is CCCC(O)CNC(=O)/C=C/c1cn(C)c2ccccc12. The quantitative estimate of drug-likeness (QED) is 0.802. The maximum Gasteiger partial charge on any atom is 0.244 e. The molecule has 0 saturated carbocycles.